The van der Waals surface area contributed by atoms with Gasteiger partial charge in [-0.15, -0.1) is 0 Å². The van der Waals surface area contributed by atoms with Crippen molar-refractivity contribution < 1.29 is 24.2 Å². The number of hydrogen-bond acceptors (Lipinski definition) is 6. The van der Waals surface area contributed by atoms with E-state index >= 15 is 0 Å². The largest absolute Gasteiger partial charge is 0.505 e. The average Bonchev–Trinajstić information content (AvgIpc) is 2.78. The molecule has 2 amide bonds. The number of nitrogens with zero attached hydrogens (tertiary/aromatic N) is 1. The topological polar surface area (TPSA) is 83.9 Å². The second kappa shape index (κ2) is 7.46. The van der Waals surface area contributed by atoms with Crippen molar-refractivity contribution in [2.45, 2.75) is 19.9 Å². The van der Waals surface area contributed by atoms with Gasteiger partial charge in [0, 0.05) is 0 Å². The quantitative estimate of drug-likeness (QED) is 0.624. The molecule has 9 heteroatoms. The number of benzene rings is 1. The fourth-order valence-corrected chi connectivity index (χ4v) is 3.41. The zero-order valence-corrected chi connectivity index (χ0v) is 15.0. The predicted octanol–water partition coefficient (Wildman–Crippen LogP) is 3.69. The van der Waals surface area contributed by atoms with E-state index in [0.717, 1.165) is 4.90 Å². The van der Waals surface area contributed by atoms with Gasteiger partial charge in [-0.1, -0.05) is 23.2 Å². The van der Waals surface area contributed by atoms with Crippen LogP contribution >= 0.6 is 35.0 Å². The van der Waals surface area contributed by atoms with Crippen molar-refractivity contribution in [3.8, 4) is 5.75 Å². The molecule has 24 heavy (non-hydrogen) atoms. The number of thioether (sulfide) groups is 1. The molecule has 0 aliphatic carbocycles. The van der Waals surface area contributed by atoms with E-state index in [1.807, 2.05) is 0 Å². The minimum atomic E-state index is -1.02. The summed E-state index contributed by atoms with van der Waals surface area (Å²) in [6.45, 7) is 3.21. The van der Waals surface area contributed by atoms with Gasteiger partial charge in [0.1, 0.15) is 6.04 Å². The lowest BCUT2D eigenvalue weighted by atomic mass is 10.2. The summed E-state index contributed by atoms with van der Waals surface area (Å²) in [4.78, 5) is 37.2. The van der Waals surface area contributed by atoms with Crippen LogP contribution in [0.2, 0.25) is 10.0 Å². The van der Waals surface area contributed by atoms with Gasteiger partial charge in [0.15, 0.2) is 5.75 Å². The Hall–Kier alpha value is -1.70. The van der Waals surface area contributed by atoms with Gasteiger partial charge in [0.05, 0.1) is 21.6 Å². The van der Waals surface area contributed by atoms with E-state index in [9.17, 15) is 19.5 Å². The third-order valence-electron chi connectivity index (χ3n) is 3.18. The number of carbonyl (C=O) groups is 3. The molecule has 0 aromatic heterocycles. The second-order valence-corrected chi connectivity index (χ2v) is 6.62. The molecule has 128 valence electrons. The van der Waals surface area contributed by atoms with Crippen LogP contribution in [0, 0.1) is 0 Å². The van der Waals surface area contributed by atoms with Crippen LogP contribution in [0.25, 0.3) is 6.08 Å². The van der Waals surface area contributed by atoms with Gasteiger partial charge in [0.2, 0.25) is 0 Å². The first-order chi connectivity index (χ1) is 11.3. The van der Waals surface area contributed by atoms with Gasteiger partial charge in [-0.3, -0.25) is 14.5 Å². The first-order valence-electron chi connectivity index (χ1n) is 6.88. The van der Waals surface area contributed by atoms with Gasteiger partial charge in [-0.25, -0.2) is 4.79 Å². The Kier molecular flexibility index (Phi) is 5.79. The van der Waals surface area contributed by atoms with E-state index in [-0.39, 0.29) is 27.3 Å². The predicted molar refractivity (Wildman–Crippen MR) is 92.0 cm³/mol. The molecule has 6 nitrogen and oxygen atoms in total. The molecule has 1 unspecified atom stereocenters. The Morgan fingerprint density at radius 2 is 1.96 bits per heavy atom. The molecule has 0 radical (unpaired) electrons. The van der Waals surface area contributed by atoms with Gasteiger partial charge < -0.3 is 9.84 Å². The Balaban J connectivity index is 2.30. The summed E-state index contributed by atoms with van der Waals surface area (Å²) in [6, 6.07) is 1.80. The maximum Gasteiger partial charge on any atom is 0.329 e. The Bertz CT molecular complexity index is 726. The molecular formula is C15H13Cl2NO5S. The number of phenolic OH excluding ortho intramolecular Hbond substituents is 1. The molecule has 1 N–H and O–H groups in total. The Morgan fingerprint density at radius 1 is 1.38 bits per heavy atom. The van der Waals surface area contributed by atoms with Crippen LogP contribution in [0.3, 0.4) is 0 Å². The lowest BCUT2D eigenvalue weighted by Gasteiger charge is -2.19. The number of esters is 1. The fraction of sp³-hybridized carbons (Fsp3) is 0.267. The molecule has 0 bridgehead atoms. The van der Waals surface area contributed by atoms with Crippen LogP contribution in [-0.4, -0.2) is 39.8 Å². The van der Waals surface area contributed by atoms with Crippen molar-refractivity contribution in [1.29, 1.82) is 0 Å². The first-order valence-corrected chi connectivity index (χ1v) is 8.45. The Labute approximate surface area is 152 Å². The van der Waals surface area contributed by atoms with Crippen molar-refractivity contribution in [2.75, 3.05) is 6.61 Å². The maximum atomic E-state index is 12.4. The normalized spacial score (nSPS) is 17.5. The van der Waals surface area contributed by atoms with Crippen LogP contribution in [0.1, 0.15) is 19.4 Å². The third-order valence-corrected chi connectivity index (χ3v) is 4.64. The van der Waals surface area contributed by atoms with Crippen molar-refractivity contribution in [3.63, 3.8) is 0 Å². The second-order valence-electron chi connectivity index (χ2n) is 4.81. The summed E-state index contributed by atoms with van der Waals surface area (Å²) < 4.78 is 4.83. The van der Waals surface area contributed by atoms with E-state index < -0.39 is 23.2 Å². The molecule has 0 saturated carbocycles. The van der Waals surface area contributed by atoms with Crippen molar-refractivity contribution in [3.05, 3.63) is 32.6 Å². The lowest BCUT2D eigenvalue weighted by molar-refractivity contribution is -0.150. The lowest BCUT2D eigenvalue weighted by Crippen LogP contribution is -2.42. The highest BCUT2D eigenvalue weighted by atomic mass is 35.5. The Morgan fingerprint density at radius 3 is 2.50 bits per heavy atom. The summed E-state index contributed by atoms with van der Waals surface area (Å²) in [6.07, 6.45) is 1.42. The van der Waals surface area contributed by atoms with Crippen LogP contribution in [0.5, 0.6) is 5.75 Å². The molecule has 1 fully saturated rings. The van der Waals surface area contributed by atoms with Crippen molar-refractivity contribution in [1.82, 2.24) is 4.90 Å². The minimum absolute atomic E-state index is 0.0212. The zero-order valence-electron chi connectivity index (χ0n) is 12.7. The van der Waals surface area contributed by atoms with Gasteiger partial charge in [0.25, 0.3) is 11.1 Å². The first kappa shape index (κ1) is 18.6. The van der Waals surface area contributed by atoms with E-state index in [1.165, 1.54) is 25.1 Å². The van der Waals surface area contributed by atoms with E-state index in [1.54, 1.807) is 6.92 Å². The average molecular weight is 390 g/mol. The number of rotatable bonds is 4. The van der Waals surface area contributed by atoms with E-state index in [4.69, 9.17) is 27.9 Å². The molecule has 1 heterocycles. The summed E-state index contributed by atoms with van der Waals surface area (Å²) in [5.41, 5.74) is 0.442. The van der Waals surface area contributed by atoms with E-state index in [2.05, 4.69) is 0 Å². The molecule has 0 spiro atoms. The number of carbonyl (C=O) groups excluding carboxylic acids is 3. The van der Waals surface area contributed by atoms with Crippen molar-refractivity contribution >= 4 is 58.2 Å². The molecule has 1 aliphatic rings. The monoisotopic (exact) mass is 389 g/mol. The van der Waals surface area contributed by atoms with Gasteiger partial charge >= 0.3 is 5.97 Å². The standard InChI is InChI=1S/C15H13Cl2NO5S/c1-3-23-14(21)7(2)18-13(20)11(24-15(18)22)6-8-4-9(16)12(19)10(17)5-8/h4-7,19H,3H2,1-2H3/b11-6+. The number of phenols is 1. The van der Waals surface area contributed by atoms with Crippen LogP contribution in [0.15, 0.2) is 17.0 Å². The van der Waals surface area contributed by atoms with Crippen LogP contribution < -0.4 is 0 Å². The minimum Gasteiger partial charge on any atom is -0.505 e. The number of hydrogen-bond donors (Lipinski definition) is 1. The van der Waals surface area contributed by atoms with Crippen LogP contribution in [0.4, 0.5) is 4.79 Å². The SMILES string of the molecule is CCOC(=O)C(C)N1C(=O)S/C(=C/c2cc(Cl)c(O)c(Cl)c2)C1=O. The van der Waals surface area contributed by atoms with Gasteiger partial charge in [-0.2, -0.15) is 0 Å². The molecular weight excluding hydrogens is 377 g/mol. The number of imide groups is 1. The van der Waals surface area contributed by atoms with Crippen LogP contribution in [-0.2, 0) is 14.3 Å². The number of amides is 2. The molecule has 1 aromatic rings. The highest BCUT2D eigenvalue weighted by Crippen LogP contribution is 2.37. The molecule has 1 aliphatic heterocycles. The summed E-state index contributed by atoms with van der Waals surface area (Å²) in [5.74, 6) is -1.53. The summed E-state index contributed by atoms with van der Waals surface area (Å²) in [5, 5.41) is 9.02. The van der Waals surface area contributed by atoms with Gasteiger partial charge in [-0.05, 0) is 49.4 Å². The molecule has 2 rings (SSSR count). The van der Waals surface area contributed by atoms with E-state index in [0.29, 0.717) is 17.3 Å². The smallest absolute Gasteiger partial charge is 0.329 e. The maximum absolute atomic E-state index is 12.4. The fourth-order valence-electron chi connectivity index (χ4n) is 2.00. The third kappa shape index (κ3) is 3.68. The number of aromatic hydroxyl groups is 1. The summed E-state index contributed by atoms with van der Waals surface area (Å²) in [7, 11) is 0. The molecule has 1 atom stereocenters. The highest BCUT2D eigenvalue weighted by molar-refractivity contribution is 8.18. The number of ether oxygens (including phenoxy) is 1. The van der Waals surface area contributed by atoms with Crippen molar-refractivity contribution in [2.24, 2.45) is 0 Å². The highest BCUT2D eigenvalue weighted by Gasteiger charge is 2.41. The number of halogens is 2. The zero-order chi connectivity index (χ0) is 18.0. The summed E-state index contributed by atoms with van der Waals surface area (Å²) >= 11 is 12.4. The molecule has 1 aromatic carbocycles. The molecule has 1 saturated heterocycles.